The second kappa shape index (κ2) is 8.23. The van der Waals surface area contributed by atoms with Crippen LogP contribution in [0.2, 0.25) is 5.02 Å². The standard InChI is InChI=1S/C12H17ClN2.C4H8/c1-10-9-11(3-4-12(10)13)15-7-5-14(2)6-8-15;1-3-4-2/h3-4,9H,5-8H2,1-2H3;3H,1,4H2,2H3. The molecule has 2 rings (SSSR count). The Labute approximate surface area is 122 Å². The van der Waals surface area contributed by atoms with E-state index in [2.05, 4.69) is 49.4 Å². The molecule has 0 aromatic heterocycles. The van der Waals surface area contributed by atoms with Gasteiger partial charge in [0.25, 0.3) is 0 Å². The topological polar surface area (TPSA) is 6.48 Å². The predicted molar refractivity (Wildman–Crippen MR) is 86.4 cm³/mol. The number of piperazine rings is 1. The van der Waals surface area contributed by atoms with Crippen LogP contribution in [-0.4, -0.2) is 38.1 Å². The van der Waals surface area contributed by atoms with Crippen molar-refractivity contribution in [3.63, 3.8) is 0 Å². The largest absolute Gasteiger partial charge is 0.369 e. The van der Waals surface area contributed by atoms with Gasteiger partial charge in [0.1, 0.15) is 0 Å². The third-order valence-corrected chi connectivity index (χ3v) is 3.72. The van der Waals surface area contributed by atoms with Gasteiger partial charge in [-0.1, -0.05) is 24.6 Å². The Morgan fingerprint density at radius 2 is 1.84 bits per heavy atom. The molecule has 1 heterocycles. The summed E-state index contributed by atoms with van der Waals surface area (Å²) in [4.78, 5) is 4.78. The number of halogens is 1. The Morgan fingerprint density at radius 1 is 1.26 bits per heavy atom. The lowest BCUT2D eigenvalue weighted by molar-refractivity contribution is 0.313. The number of anilines is 1. The zero-order chi connectivity index (χ0) is 14.3. The lowest BCUT2D eigenvalue weighted by Gasteiger charge is -2.34. The van der Waals surface area contributed by atoms with Gasteiger partial charge in [-0.25, -0.2) is 0 Å². The van der Waals surface area contributed by atoms with E-state index in [0.717, 1.165) is 43.2 Å². The molecule has 1 aliphatic heterocycles. The van der Waals surface area contributed by atoms with Gasteiger partial charge in [-0.15, -0.1) is 6.58 Å². The van der Waals surface area contributed by atoms with E-state index < -0.39 is 0 Å². The highest BCUT2D eigenvalue weighted by atomic mass is 35.5. The Balaban J connectivity index is 0.000000399. The molecule has 0 atom stereocenters. The van der Waals surface area contributed by atoms with Crippen molar-refractivity contribution in [2.24, 2.45) is 0 Å². The smallest absolute Gasteiger partial charge is 0.0436 e. The number of rotatable bonds is 2. The van der Waals surface area contributed by atoms with Gasteiger partial charge in [0.05, 0.1) is 0 Å². The van der Waals surface area contributed by atoms with E-state index in [1.807, 2.05) is 12.1 Å². The number of allylic oxidation sites excluding steroid dienone is 1. The van der Waals surface area contributed by atoms with Crippen molar-refractivity contribution >= 4 is 17.3 Å². The Kier molecular flexibility index (Phi) is 6.96. The van der Waals surface area contributed by atoms with Crippen LogP contribution in [0, 0.1) is 6.92 Å². The fourth-order valence-electron chi connectivity index (χ4n) is 1.89. The number of benzene rings is 1. The van der Waals surface area contributed by atoms with Crippen molar-refractivity contribution in [3.05, 3.63) is 41.4 Å². The van der Waals surface area contributed by atoms with Crippen LogP contribution in [-0.2, 0) is 0 Å². The summed E-state index contributed by atoms with van der Waals surface area (Å²) < 4.78 is 0. The number of nitrogens with zero attached hydrogens (tertiary/aromatic N) is 2. The number of hydrogen-bond donors (Lipinski definition) is 0. The van der Waals surface area contributed by atoms with Gasteiger partial charge in [0.15, 0.2) is 0 Å². The molecule has 1 saturated heterocycles. The minimum absolute atomic E-state index is 0.855. The van der Waals surface area contributed by atoms with Gasteiger partial charge >= 0.3 is 0 Å². The molecular formula is C16H25ClN2. The second-order valence-corrected chi connectivity index (χ2v) is 5.33. The van der Waals surface area contributed by atoms with Crippen LogP contribution in [0.5, 0.6) is 0 Å². The molecule has 106 valence electrons. The average molecular weight is 281 g/mol. The summed E-state index contributed by atoms with van der Waals surface area (Å²) >= 11 is 6.02. The molecule has 0 N–H and O–H groups in total. The van der Waals surface area contributed by atoms with E-state index >= 15 is 0 Å². The fraction of sp³-hybridized carbons (Fsp3) is 0.500. The van der Waals surface area contributed by atoms with Crippen LogP contribution < -0.4 is 4.90 Å². The molecular weight excluding hydrogens is 256 g/mol. The Morgan fingerprint density at radius 3 is 2.32 bits per heavy atom. The van der Waals surface area contributed by atoms with Crippen LogP contribution in [0.3, 0.4) is 0 Å². The summed E-state index contributed by atoms with van der Waals surface area (Å²) in [6.45, 7) is 12.1. The molecule has 0 unspecified atom stereocenters. The quantitative estimate of drug-likeness (QED) is 0.756. The van der Waals surface area contributed by atoms with Crippen molar-refractivity contribution in [2.75, 3.05) is 38.1 Å². The summed E-state index contributed by atoms with van der Waals surface area (Å²) in [5.74, 6) is 0. The van der Waals surface area contributed by atoms with E-state index in [1.165, 1.54) is 5.69 Å². The van der Waals surface area contributed by atoms with Gasteiger partial charge in [0.2, 0.25) is 0 Å². The van der Waals surface area contributed by atoms with Crippen molar-refractivity contribution in [1.82, 2.24) is 4.90 Å². The number of aryl methyl sites for hydroxylation is 1. The van der Waals surface area contributed by atoms with Crippen molar-refractivity contribution in [3.8, 4) is 0 Å². The SMILES string of the molecule is C=CCC.Cc1cc(N2CCN(C)CC2)ccc1Cl. The van der Waals surface area contributed by atoms with E-state index in [9.17, 15) is 0 Å². The summed E-state index contributed by atoms with van der Waals surface area (Å²) in [6.07, 6.45) is 2.96. The molecule has 3 heteroatoms. The van der Waals surface area contributed by atoms with E-state index in [4.69, 9.17) is 11.6 Å². The lowest BCUT2D eigenvalue weighted by atomic mass is 10.2. The van der Waals surface area contributed by atoms with E-state index in [1.54, 1.807) is 0 Å². The first kappa shape index (κ1) is 16.1. The first-order chi connectivity index (χ1) is 9.08. The van der Waals surface area contributed by atoms with Crippen molar-refractivity contribution in [1.29, 1.82) is 0 Å². The zero-order valence-corrected chi connectivity index (χ0v) is 13.1. The molecule has 1 aromatic carbocycles. The number of likely N-dealkylation sites (N-methyl/N-ethyl adjacent to an activating group) is 1. The van der Waals surface area contributed by atoms with Crippen LogP contribution in [0.25, 0.3) is 0 Å². The minimum Gasteiger partial charge on any atom is -0.369 e. The van der Waals surface area contributed by atoms with Crippen molar-refractivity contribution in [2.45, 2.75) is 20.3 Å². The molecule has 1 fully saturated rings. The van der Waals surface area contributed by atoms with Gasteiger partial charge in [-0.05, 0) is 44.2 Å². The number of hydrogen-bond acceptors (Lipinski definition) is 2. The predicted octanol–water partition coefficient (Wildman–Crippen LogP) is 3.98. The Hall–Kier alpha value is -0.990. The molecule has 0 saturated carbocycles. The first-order valence-corrected chi connectivity index (χ1v) is 7.26. The molecule has 0 radical (unpaired) electrons. The highest BCUT2D eigenvalue weighted by molar-refractivity contribution is 6.31. The van der Waals surface area contributed by atoms with E-state index in [0.29, 0.717) is 0 Å². The molecule has 0 aliphatic carbocycles. The molecule has 1 aromatic rings. The van der Waals surface area contributed by atoms with Gasteiger partial charge in [-0.3, -0.25) is 0 Å². The molecule has 19 heavy (non-hydrogen) atoms. The highest BCUT2D eigenvalue weighted by Crippen LogP contribution is 2.23. The summed E-state index contributed by atoms with van der Waals surface area (Å²) in [7, 11) is 2.17. The van der Waals surface area contributed by atoms with Gasteiger partial charge in [-0.2, -0.15) is 0 Å². The zero-order valence-electron chi connectivity index (χ0n) is 12.3. The first-order valence-electron chi connectivity index (χ1n) is 6.89. The summed E-state index contributed by atoms with van der Waals surface area (Å²) in [6, 6.07) is 6.28. The molecule has 0 amide bonds. The molecule has 2 nitrogen and oxygen atoms in total. The highest BCUT2D eigenvalue weighted by Gasteiger charge is 2.14. The van der Waals surface area contributed by atoms with Gasteiger partial charge < -0.3 is 9.80 Å². The van der Waals surface area contributed by atoms with Crippen LogP contribution >= 0.6 is 11.6 Å². The third kappa shape index (κ3) is 5.25. The van der Waals surface area contributed by atoms with Crippen LogP contribution in [0.4, 0.5) is 5.69 Å². The maximum absolute atomic E-state index is 6.02. The van der Waals surface area contributed by atoms with Crippen LogP contribution in [0.15, 0.2) is 30.9 Å². The minimum atomic E-state index is 0.855. The second-order valence-electron chi connectivity index (χ2n) is 4.92. The fourth-order valence-corrected chi connectivity index (χ4v) is 2.01. The monoisotopic (exact) mass is 280 g/mol. The maximum Gasteiger partial charge on any atom is 0.0436 e. The third-order valence-electron chi connectivity index (χ3n) is 3.30. The normalized spacial score (nSPS) is 15.7. The summed E-state index contributed by atoms with van der Waals surface area (Å²) in [5.41, 5.74) is 2.46. The molecule has 0 bridgehead atoms. The van der Waals surface area contributed by atoms with E-state index in [-0.39, 0.29) is 0 Å². The molecule has 0 spiro atoms. The van der Waals surface area contributed by atoms with Gasteiger partial charge in [0, 0.05) is 36.9 Å². The van der Waals surface area contributed by atoms with Crippen molar-refractivity contribution < 1.29 is 0 Å². The molecule has 1 aliphatic rings. The Bertz CT molecular complexity index is 396. The summed E-state index contributed by atoms with van der Waals surface area (Å²) in [5, 5.41) is 0.855. The average Bonchev–Trinajstić information content (AvgIpc) is 2.43. The van der Waals surface area contributed by atoms with Crippen LogP contribution in [0.1, 0.15) is 18.9 Å². The lowest BCUT2D eigenvalue weighted by Crippen LogP contribution is -2.44. The maximum atomic E-state index is 6.02.